The van der Waals surface area contributed by atoms with Crippen molar-refractivity contribution in [1.29, 1.82) is 0 Å². The van der Waals surface area contributed by atoms with Crippen LogP contribution in [-0.2, 0) is 9.47 Å². The van der Waals surface area contributed by atoms with Crippen LogP contribution in [0.15, 0.2) is 42.7 Å². The van der Waals surface area contributed by atoms with Gasteiger partial charge in [-0.05, 0) is 55.3 Å². The molecule has 9 nitrogen and oxygen atoms in total. The number of hydrogen-bond donors (Lipinski definition) is 2. The molecule has 0 bridgehead atoms. The summed E-state index contributed by atoms with van der Waals surface area (Å²) >= 11 is 0. The highest BCUT2D eigenvalue weighted by molar-refractivity contribution is 5.97. The Morgan fingerprint density at radius 3 is 2.00 bits per heavy atom. The van der Waals surface area contributed by atoms with Gasteiger partial charge in [0, 0.05) is 5.69 Å². The predicted molar refractivity (Wildman–Crippen MR) is 115 cm³/mol. The molecule has 3 aromatic rings. The molecule has 0 radical (unpaired) electrons. The zero-order valence-electron chi connectivity index (χ0n) is 17.6. The third-order valence-electron chi connectivity index (χ3n) is 4.30. The van der Waals surface area contributed by atoms with Crippen LogP contribution in [0.5, 0.6) is 11.6 Å². The first kappa shape index (κ1) is 21.6. The van der Waals surface area contributed by atoms with E-state index in [1.807, 2.05) is 32.0 Å². The Bertz CT molecular complexity index is 1090. The van der Waals surface area contributed by atoms with E-state index in [1.54, 1.807) is 0 Å². The van der Waals surface area contributed by atoms with E-state index in [1.165, 1.54) is 38.7 Å². The molecule has 9 heteroatoms. The quantitative estimate of drug-likeness (QED) is 0.571. The highest BCUT2D eigenvalue weighted by atomic mass is 16.5. The van der Waals surface area contributed by atoms with Crippen molar-refractivity contribution in [2.24, 2.45) is 0 Å². The largest absolute Gasteiger partial charge is 0.465 e. The van der Waals surface area contributed by atoms with Gasteiger partial charge in [-0.2, -0.15) is 4.98 Å². The summed E-state index contributed by atoms with van der Waals surface area (Å²) in [6.45, 7) is 3.92. The van der Waals surface area contributed by atoms with Crippen LogP contribution < -0.4 is 15.8 Å². The van der Waals surface area contributed by atoms with Crippen molar-refractivity contribution in [3.63, 3.8) is 0 Å². The second-order valence-corrected chi connectivity index (χ2v) is 6.77. The summed E-state index contributed by atoms with van der Waals surface area (Å²) < 4.78 is 15.3. The van der Waals surface area contributed by atoms with Gasteiger partial charge in [-0.3, -0.25) is 0 Å². The molecule has 0 aliphatic carbocycles. The summed E-state index contributed by atoms with van der Waals surface area (Å²) in [6, 6.07) is 10.1. The fourth-order valence-corrected chi connectivity index (χ4v) is 2.97. The Kier molecular flexibility index (Phi) is 6.35. The Morgan fingerprint density at radius 1 is 0.871 bits per heavy atom. The van der Waals surface area contributed by atoms with E-state index in [4.69, 9.17) is 19.9 Å². The monoisotopic (exact) mass is 422 g/mol. The van der Waals surface area contributed by atoms with Gasteiger partial charge < -0.3 is 25.3 Å². The summed E-state index contributed by atoms with van der Waals surface area (Å²) in [5.74, 6) is -0.215. The van der Waals surface area contributed by atoms with E-state index >= 15 is 0 Å². The van der Waals surface area contributed by atoms with Gasteiger partial charge in [-0.1, -0.05) is 6.07 Å². The SMILES string of the molecule is COC(=O)c1cc(Nc2ncnc(Oc3cc(C)cc(C)c3)c2N)cc(C(=O)OC)c1. The molecule has 0 saturated heterocycles. The number of nitrogens with zero attached hydrogens (tertiary/aromatic N) is 2. The lowest BCUT2D eigenvalue weighted by Crippen LogP contribution is -2.09. The molecule has 0 unspecified atom stereocenters. The molecule has 3 rings (SSSR count). The van der Waals surface area contributed by atoms with Crippen LogP contribution in [0.3, 0.4) is 0 Å². The van der Waals surface area contributed by atoms with E-state index in [2.05, 4.69) is 15.3 Å². The maximum atomic E-state index is 12.0. The van der Waals surface area contributed by atoms with Crippen molar-refractivity contribution in [2.75, 3.05) is 25.3 Å². The van der Waals surface area contributed by atoms with Gasteiger partial charge in [-0.15, -0.1) is 0 Å². The third-order valence-corrected chi connectivity index (χ3v) is 4.30. The molecular weight excluding hydrogens is 400 g/mol. The molecular formula is C22H22N4O5. The number of rotatable bonds is 6. The molecule has 31 heavy (non-hydrogen) atoms. The van der Waals surface area contributed by atoms with Crippen LogP contribution in [0.2, 0.25) is 0 Å². The first-order valence-corrected chi connectivity index (χ1v) is 9.26. The van der Waals surface area contributed by atoms with Crippen LogP contribution >= 0.6 is 0 Å². The lowest BCUT2D eigenvalue weighted by molar-refractivity contribution is 0.0599. The number of ether oxygens (including phenoxy) is 3. The highest BCUT2D eigenvalue weighted by Crippen LogP contribution is 2.32. The van der Waals surface area contributed by atoms with E-state index in [-0.39, 0.29) is 28.5 Å². The molecule has 0 atom stereocenters. The maximum absolute atomic E-state index is 12.0. The van der Waals surface area contributed by atoms with Gasteiger partial charge in [0.25, 0.3) is 0 Å². The molecule has 0 aliphatic heterocycles. The number of hydrogen-bond acceptors (Lipinski definition) is 9. The van der Waals surface area contributed by atoms with E-state index < -0.39 is 11.9 Å². The van der Waals surface area contributed by atoms with Crippen LogP contribution in [0, 0.1) is 13.8 Å². The Hall–Kier alpha value is -4.14. The Morgan fingerprint density at radius 2 is 1.45 bits per heavy atom. The van der Waals surface area contributed by atoms with Gasteiger partial charge in [0.15, 0.2) is 5.82 Å². The number of esters is 2. The molecule has 0 spiro atoms. The van der Waals surface area contributed by atoms with Crippen LogP contribution in [0.1, 0.15) is 31.8 Å². The standard InChI is InChI=1S/C22H22N4O5/c1-12-5-13(2)7-17(6-12)31-20-18(23)19(24-11-25-20)26-16-9-14(21(27)29-3)8-15(10-16)22(28)30-4/h5-11H,23H2,1-4H3,(H,24,25,26). The van der Waals surface area contributed by atoms with Crippen molar-refractivity contribution in [3.05, 3.63) is 65.0 Å². The van der Waals surface area contributed by atoms with Gasteiger partial charge in [0.1, 0.15) is 17.8 Å². The summed E-state index contributed by atoms with van der Waals surface area (Å²) in [4.78, 5) is 32.2. The predicted octanol–water partition coefficient (Wildman–Crippen LogP) is 3.78. The summed E-state index contributed by atoms with van der Waals surface area (Å²) in [6.07, 6.45) is 1.29. The first-order valence-electron chi connectivity index (χ1n) is 9.26. The number of carbonyl (C=O) groups excluding carboxylic acids is 2. The summed E-state index contributed by atoms with van der Waals surface area (Å²) in [5, 5.41) is 2.99. The van der Waals surface area contributed by atoms with Gasteiger partial charge in [0.2, 0.25) is 5.88 Å². The molecule has 0 fully saturated rings. The van der Waals surface area contributed by atoms with Crippen molar-refractivity contribution in [1.82, 2.24) is 9.97 Å². The van der Waals surface area contributed by atoms with Crippen LogP contribution in [-0.4, -0.2) is 36.1 Å². The molecule has 0 saturated carbocycles. The van der Waals surface area contributed by atoms with E-state index in [0.29, 0.717) is 11.4 Å². The second-order valence-electron chi connectivity index (χ2n) is 6.77. The number of nitrogen functional groups attached to an aromatic ring is 1. The topological polar surface area (TPSA) is 126 Å². The fraction of sp³-hybridized carbons (Fsp3) is 0.182. The van der Waals surface area contributed by atoms with Crippen molar-refractivity contribution in [2.45, 2.75) is 13.8 Å². The number of benzene rings is 2. The number of anilines is 3. The molecule has 3 N–H and O–H groups in total. The molecule has 1 heterocycles. The lowest BCUT2D eigenvalue weighted by atomic mass is 10.1. The molecule has 1 aromatic heterocycles. The number of nitrogens with two attached hydrogens (primary N) is 1. The minimum Gasteiger partial charge on any atom is -0.465 e. The fourth-order valence-electron chi connectivity index (χ4n) is 2.97. The zero-order valence-corrected chi connectivity index (χ0v) is 17.6. The maximum Gasteiger partial charge on any atom is 0.337 e. The number of aromatic nitrogens is 2. The smallest absolute Gasteiger partial charge is 0.337 e. The normalized spacial score (nSPS) is 10.3. The van der Waals surface area contributed by atoms with Crippen LogP contribution in [0.25, 0.3) is 0 Å². The van der Waals surface area contributed by atoms with Gasteiger partial charge in [0.05, 0.1) is 25.3 Å². The van der Waals surface area contributed by atoms with Crippen molar-refractivity contribution < 1.29 is 23.8 Å². The van der Waals surface area contributed by atoms with Crippen LogP contribution in [0.4, 0.5) is 17.2 Å². The van der Waals surface area contributed by atoms with Crippen molar-refractivity contribution in [3.8, 4) is 11.6 Å². The number of carbonyl (C=O) groups is 2. The summed E-state index contributed by atoms with van der Waals surface area (Å²) in [5.41, 5.74) is 9.14. The van der Waals surface area contributed by atoms with Crippen molar-refractivity contribution >= 4 is 29.1 Å². The average Bonchev–Trinajstić information content (AvgIpc) is 2.74. The van der Waals surface area contributed by atoms with E-state index in [9.17, 15) is 9.59 Å². The zero-order chi connectivity index (χ0) is 22.5. The minimum absolute atomic E-state index is 0.157. The first-order chi connectivity index (χ1) is 14.8. The van der Waals surface area contributed by atoms with Gasteiger partial charge >= 0.3 is 11.9 Å². The second kappa shape index (κ2) is 9.12. The molecule has 0 amide bonds. The number of aryl methyl sites for hydroxylation is 2. The lowest BCUT2D eigenvalue weighted by Gasteiger charge is -2.13. The number of methoxy groups -OCH3 is 2. The van der Waals surface area contributed by atoms with Gasteiger partial charge in [-0.25, -0.2) is 14.6 Å². The van der Waals surface area contributed by atoms with E-state index in [0.717, 1.165) is 11.1 Å². The minimum atomic E-state index is -0.608. The Labute approximate surface area is 179 Å². The summed E-state index contributed by atoms with van der Waals surface area (Å²) in [7, 11) is 2.50. The highest BCUT2D eigenvalue weighted by Gasteiger charge is 2.16. The third kappa shape index (κ3) is 5.08. The molecule has 2 aromatic carbocycles. The molecule has 0 aliphatic rings. The Balaban J connectivity index is 1.95. The average molecular weight is 422 g/mol. The molecule has 160 valence electrons. The number of nitrogens with one attached hydrogen (secondary N) is 1.